The molecule has 3 aromatic rings. The standard InChI is InChI=1S/C27H28ClFN4O2S/c1-27(2,3)25-23-24(16-8-10-17(29)11-9-16)36-15-22(35)32(14-21(34)30-18-12-13-18)26(23)33(31-25)20-7-5-4-6-19(20)28/h4-11,18,24H,12-15H2,1-3H3,(H,30,34)/t24-/m0/s1. The van der Waals surface area contributed by atoms with Crippen LogP contribution in [0, 0.1) is 5.82 Å². The molecule has 1 aromatic heterocycles. The summed E-state index contributed by atoms with van der Waals surface area (Å²) < 4.78 is 15.5. The van der Waals surface area contributed by atoms with Crippen molar-refractivity contribution in [3.63, 3.8) is 0 Å². The van der Waals surface area contributed by atoms with Gasteiger partial charge in [0.05, 0.1) is 27.4 Å². The van der Waals surface area contributed by atoms with E-state index in [0.29, 0.717) is 16.5 Å². The lowest BCUT2D eigenvalue weighted by Crippen LogP contribution is -2.43. The molecular weight excluding hydrogens is 499 g/mol. The van der Waals surface area contributed by atoms with E-state index in [4.69, 9.17) is 16.7 Å². The number of aromatic nitrogens is 2. The molecule has 1 N–H and O–H groups in total. The number of benzene rings is 2. The zero-order valence-electron chi connectivity index (χ0n) is 20.4. The van der Waals surface area contributed by atoms with Gasteiger partial charge in [-0.1, -0.05) is 56.6 Å². The number of anilines is 1. The summed E-state index contributed by atoms with van der Waals surface area (Å²) in [5.74, 6) is -0.0191. The van der Waals surface area contributed by atoms with Crippen LogP contribution in [0.4, 0.5) is 10.2 Å². The monoisotopic (exact) mass is 526 g/mol. The van der Waals surface area contributed by atoms with E-state index in [-0.39, 0.29) is 46.6 Å². The summed E-state index contributed by atoms with van der Waals surface area (Å²) >= 11 is 8.08. The Bertz CT molecular complexity index is 1310. The number of nitrogens with one attached hydrogen (secondary N) is 1. The fraction of sp³-hybridized carbons (Fsp3) is 0.370. The molecule has 0 unspecified atom stereocenters. The molecule has 0 spiro atoms. The molecule has 1 fully saturated rings. The van der Waals surface area contributed by atoms with Crippen molar-refractivity contribution in [2.75, 3.05) is 17.2 Å². The molecule has 6 nitrogen and oxygen atoms in total. The SMILES string of the molecule is CC(C)(C)c1nn(-c2ccccc2Cl)c2c1[C@H](c1ccc(F)cc1)SCC(=O)N2CC(=O)NC1CC1. The van der Waals surface area contributed by atoms with E-state index < -0.39 is 0 Å². The highest BCUT2D eigenvalue weighted by molar-refractivity contribution is 8.00. The third-order valence-electron chi connectivity index (χ3n) is 6.30. The van der Waals surface area contributed by atoms with Crippen molar-refractivity contribution in [2.45, 2.75) is 50.3 Å². The minimum Gasteiger partial charge on any atom is -0.352 e. The predicted octanol–water partition coefficient (Wildman–Crippen LogP) is 5.41. The first-order valence-electron chi connectivity index (χ1n) is 12.0. The van der Waals surface area contributed by atoms with Gasteiger partial charge >= 0.3 is 0 Å². The summed E-state index contributed by atoms with van der Waals surface area (Å²) in [6, 6.07) is 13.8. The van der Waals surface area contributed by atoms with Crippen molar-refractivity contribution in [3.8, 4) is 5.69 Å². The van der Waals surface area contributed by atoms with Gasteiger partial charge in [-0.05, 0) is 42.7 Å². The topological polar surface area (TPSA) is 67.2 Å². The van der Waals surface area contributed by atoms with E-state index in [1.165, 1.54) is 28.8 Å². The first-order chi connectivity index (χ1) is 17.1. The Morgan fingerprint density at radius 2 is 1.86 bits per heavy atom. The van der Waals surface area contributed by atoms with E-state index in [9.17, 15) is 14.0 Å². The molecule has 0 radical (unpaired) electrons. The summed E-state index contributed by atoms with van der Waals surface area (Å²) in [6.07, 6.45) is 1.91. The normalized spacial score (nSPS) is 18.1. The highest BCUT2D eigenvalue weighted by Crippen LogP contribution is 2.48. The molecule has 188 valence electrons. The number of hydrogen-bond acceptors (Lipinski definition) is 4. The van der Waals surface area contributed by atoms with Crippen LogP contribution >= 0.6 is 23.4 Å². The fourth-order valence-corrected chi connectivity index (χ4v) is 5.82. The van der Waals surface area contributed by atoms with Crippen LogP contribution in [0.3, 0.4) is 0 Å². The van der Waals surface area contributed by atoms with Gasteiger partial charge in [-0.25, -0.2) is 9.07 Å². The van der Waals surface area contributed by atoms with Crippen molar-refractivity contribution < 1.29 is 14.0 Å². The Labute approximate surface area is 219 Å². The summed E-state index contributed by atoms with van der Waals surface area (Å²) in [5.41, 5.74) is 2.73. The Balaban J connectivity index is 1.75. The van der Waals surface area contributed by atoms with E-state index in [1.807, 2.05) is 18.2 Å². The van der Waals surface area contributed by atoms with Gasteiger partial charge in [0.15, 0.2) is 0 Å². The number of fused-ring (bicyclic) bond motifs is 1. The van der Waals surface area contributed by atoms with Gasteiger partial charge < -0.3 is 5.32 Å². The number of halogens is 2. The zero-order chi connectivity index (χ0) is 25.6. The smallest absolute Gasteiger partial charge is 0.240 e. The number of hydrogen-bond donors (Lipinski definition) is 1. The average Bonchev–Trinajstić information content (AvgIpc) is 3.57. The quantitative estimate of drug-likeness (QED) is 0.482. The van der Waals surface area contributed by atoms with Crippen LogP contribution in [0.1, 0.15) is 55.7 Å². The molecule has 2 amide bonds. The molecule has 1 aliphatic carbocycles. The summed E-state index contributed by atoms with van der Waals surface area (Å²) in [5, 5.41) is 8.20. The first kappa shape index (κ1) is 24.8. The second kappa shape index (κ2) is 9.56. The third-order valence-corrected chi connectivity index (χ3v) is 7.87. The fourth-order valence-electron chi connectivity index (χ4n) is 4.41. The second-order valence-electron chi connectivity index (χ2n) is 10.3. The van der Waals surface area contributed by atoms with E-state index in [1.54, 1.807) is 22.9 Å². The molecule has 9 heteroatoms. The number of rotatable bonds is 5. The van der Waals surface area contributed by atoms with E-state index in [0.717, 1.165) is 29.7 Å². The Kier molecular flexibility index (Phi) is 6.59. The Morgan fingerprint density at radius 1 is 1.17 bits per heavy atom. The first-order valence-corrected chi connectivity index (χ1v) is 13.4. The van der Waals surface area contributed by atoms with Crippen LogP contribution in [0.15, 0.2) is 48.5 Å². The molecule has 1 aliphatic heterocycles. The van der Waals surface area contributed by atoms with E-state index >= 15 is 0 Å². The van der Waals surface area contributed by atoms with Crippen LogP contribution in [-0.2, 0) is 15.0 Å². The lowest BCUT2D eigenvalue weighted by atomic mass is 9.87. The van der Waals surface area contributed by atoms with Crippen molar-refractivity contribution in [1.29, 1.82) is 0 Å². The van der Waals surface area contributed by atoms with Crippen molar-refractivity contribution in [1.82, 2.24) is 15.1 Å². The maximum Gasteiger partial charge on any atom is 0.240 e. The van der Waals surface area contributed by atoms with Crippen LogP contribution in [-0.4, -0.2) is 39.9 Å². The minimum absolute atomic E-state index is 0.112. The molecule has 36 heavy (non-hydrogen) atoms. The largest absolute Gasteiger partial charge is 0.352 e. The maximum atomic E-state index is 13.8. The summed E-state index contributed by atoms with van der Waals surface area (Å²) in [6.45, 7) is 6.08. The number of carbonyl (C=O) groups is 2. The lowest BCUT2D eigenvalue weighted by Gasteiger charge is -2.24. The molecule has 2 aliphatic rings. The van der Waals surface area contributed by atoms with E-state index in [2.05, 4.69) is 26.1 Å². The molecule has 2 heterocycles. The molecule has 1 saturated carbocycles. The van der Waals surface area contributed by atoms with Crippen molar-refractivity contribution in [3.05, 3.63) is 76.2 Å². The lowest BCUT2D eigenvalue weighted by molar-refractivity contribution is -0.123. The predicted molar refractivity (Wildman–Crippen MR) is 141 cm³/mol. The van der Waals surface area contributed by atoms with Crippen molar-refractivity contribution >= 4 is 41.0 Å². The molecule has 5 rings (SSSR count). The summed E-state index contributed by atoms with van der Waals surface area (Å²) in [4.78, 5) is 28.0. The maximum absolute atomic E-state index is 13.8. The van der Waals surface area contributed by atoms with Gasteiger partial charge in [0.1, 0.15) is 18.2 Å². The van der Waals surface area contributed by atoms with Gasteiger partial charge in [0.2, 0.25) is 11.8 Å². The number of thioether (sulfide) groups is 1. The molecular formula is C27H28ClFN4O2S. The van der Waals surface area contributed by atoms with Crippen LogP contribution < -0.4 is 10.2 Å². The number of nitrogens with zero attached hydrogens (tertiary/aromatic N) is 3. The third kappa shape index (κ3) is 4.89. The van der Waals surface area contributed by atoms with Crippen LogP contribution in [0.5, 0.6) is 0 Å². The van der Waals surface area contributed by atoms with Gasteiger partial charge in [0, 0.05) is 17.0 Å². The van der Waals surface area contributed by atoms with Crippen LogP contribution in [0.25, 0.3) is 5.69 Å². The highest BCUT2D eigenvalue weighted by atomic mass is 35.5. The highest BCUT2D eigenvalue weighted by Gasteiger charge is 2.40. The molecule has 2 aromatic carbocycles. The zero-order valence-corrected chi connectivity index (χ0v) is 22.0. The Morgan fingerprint density at radius 3 is 2.50 bits per heavy atom. The molecule has 0 saturated heterocycles. The van der Waals surface area contributed by atoms with Gasteiger partial charge in [-0.3, -0.25) is 14.5 Å². The minimum atomic E-state index is -0.384. The number of para-hydroxylation sites is 1. The second-order valence-corrected chi connectivity index (χ2v) is 11.8. The van der Waals surface area contributed by atoms with Crippen LogP contribution in [0.2, 0.25) is 5.02 Å². The Hall–Kier alpha value is -2.84. The van der Waals surface area contributed by atoms with Gasteiger partial charge in [-0.15, -0.1) is 11.8 Å². The van der Waals surface area contributed by atoms with Crippen molar-refractivity contribution in [2.24, 2.45) is 0 Å². The number of carbonyl (C=O) groups excluding carboxylic acids is 2. The summed E-state index contributed by atoms with van der Waals surface area (Å²) in [7, 11) is 0. The molecule has 1 atom stereocenters. The van der Waals surface area contributed by atoms with Gasteiger partial charge in [-0.2, -0.15) is 5.10 Å². The number of amides is 2. The average molecular weight is 527 g/mol. The molecule has 0 bridgehead atoms. The van der Waals surface area contributed by atoms with Gasteiger partial charge in [0.25, 0.3) is 0 Å².